The molecule has 1 N–H and O–H groups in total. The molecule has 4 rings (SSSR count). The van der Waals surface area contributed by atoms with Crippen molar-refractivity contribution in [3.05, 3.63) is 41.7 Å². The predicted molar refractivity (Wildman–Crippen MR) is 92.3 cm³/mol. The Morgan fingerprint density at radius 2 is 2.39 bits per heavy atom. The van der Waals surface area contributed by atoms with Gasteiger partial charge in [-0.3, -0.25) is 4.90 Å². The Hall–Kier alpha value is -1.65. The first-order valence-corrected chi connectivity index (χ1v) is 8.81. The molecule has 0 saturated carbocycles. The Kier molecular flexibility index (Phi) is 4.44. The van der Waals surface area contributed by atoms with Gasteiger partial charge in [-0.1, -0.05) is 11.6 Å². The van der Waals surface area contributed by atoms with E-state index in [1.807, 2.05) is 12.3 Å². The molecular weight excluding hydrogens is 286 g/mol. The monoisotopic (exact) mass is 311 g/mol. The number of ether oxygens (including phenoxy) is 1. The number of nitrogens with one attached hydrogen (secondary N) is 1. The highest BCUT2D eigenvalue weighted by molar-refractivity contribution is 5.79. The summed E-state index contributed by atoms with van der Waals surface area (Å²) in [5.74, 6) is 0. The number of H-pyrrole nitrogens is 1. The number of rotatable bonds is 5. The van der Waals surface area contributed by atoms with Gasteiger partial charge >= 0.3 is 0 Å². The van der Waals surface area contributed by atoms with E-state index in [1.54, 1.807) is 5.57 Å². The van der Waals surface area contributed by atoms with Crippen LogP contribution in [0.4, 0.5) is 0 Å². The molecule has 4 heterocycles. The number of fused-ring (bicyclic) bond motifs is 1. The maximum absolute atomic E-state index is 5.73. The van der Waals surface area contributed by atoms with Gasteiger partial charge in [-0.05, 0) is 49.8 Å². The van der Waals surface area contributed by atoms with Crippen LogP contribution < -0.4 is 0 Å². The van der Waals surface area contributed by atoms with Gasteiger partial charge in [0.05, 0.1) is 6.10 Å². The summed E-state index contributed by atoms with van der Waals surface area (Å²) < 4.78 is 5.73. The van der Waals surface area contributed by atoms with Gasteiger partial charge in [0.15, 0.2) is 0 Å². The van der Waals surface area contributed by atoms with Gasteiger partial charge in [-0.2, -0.15) is 0 Å². The van der Waals surface area contributed by atoms with Crippen molar-refractivity contribution in [3.8, 4) is 0 Å². The van der Waals surface area contributed by atoms with Gasteiger partial charge in [0, 0.05) is 44.0 Å². The van der Waals surface area contributed by atoms with E-state index in [9.17, 15) is 0 Å². The van der Waals surface area contributed by atoms with Gasteiger partial charge in [-0.25, -0.2) is 4.98 Å². The van der Waals surface area contributed by atoms with Crippen LogP contribution in [-0.2, 0) is 11.3 Å². The minimum absolute atomic E-state index is 0.521. The van der Waals surface area contributed by atoms with Crippen molar-refractivity contribution in [2.45, 2.75) is 44.8 Å². The second-order valence-corrected chi connectivity index (χ2v) is 6.73. The molecule has 1 atom stereocenters. The molecule has 2 aliphatic rings. The van der Waals surface area contributed by atoms with E-state index in [0.717, 1.165) is 31.9 Å². The summed E-state index contributed by atoms with van der Waals surface area (Å²) in [4.78, 5) is 10.2. The Morgan fingerprint density at radius 1 is 1.39 bits per heavy atom. The van der Waals surface area contributed by atoms with E-state index >= 15 is 0 Å². The molecule has 0 spiro atoms. The van der Waals surface area contributed by atoms with E-state index in [-0.39, 0.29) is 0 Å². The van der Waals surface area contributed by atoms with E-state index in [2.05, 4.69) is 33.2 Å². The molecule has 0 aliphatic carbocycles. The number of pyridine rings is 1. The third-order valence-corrected chi connectivity index (χ3v) is 5.13. The lowest BCUT2D eigenvalue weighted by molar-refractivity contribution is 0.104. The molecule has 23 heavy (non-hydrogen) atoms. The third-order valence-electron chi connectivity index (χ3n) is 5.13. The molecular formula is C19H25N3O. The molecule has 2 aliphatic heterocycles. The first-order chi connectivity index (χ1) is 11.4. The van der Waals surface area contributed by atoms with Crippen LogP contribution in [0.15, 0.2) is 36.2 Å². The van der Waals surface area contributed by atoms with E-state index in [1.165, 1.54) is 43.1 Å². The zero-order valence-electron chi connectivity index (χ0n) is 13.6. The van der Waals surface area contributed by atoms with Crippen molar-refractivity contribution in [2.24, 2.45) is 0 Å². The summed E-state index contributed by atoms with van der Waals surface area (Å²) in [5.41, 5.74) is 3.97. The van der Waals surface area contributed by atoms with E-state index < -0.39 is 0 Å². The molecule has 0 bridgehead atoms. The second-order valence-electron chi connectivity index (χ2n) is 6.73. The second kappa shape index (κ2) is 6.85. The highest BCUT2D eigenvalue weighted by Crippen LogP contribution is 2.24. The van der Waals surface area contributed by atoms with Crippen molar-refractivity contribution in [1.82, 2.24) is 14.9 Å². The molecule has 2 aromatic rings. The topological polar surface area (TPSA) is 41.1 Å². The fraction of sp³-hybridized carbons (Fsp3) is 0.526. The fourth-order valence-corrected chi connectivity index (χ4v) is 3.73. The minimum atomic E-state index is 0.521. The van der Waals surface area contributed by atoms with Crippen molar-refractivity contribution >= 4 is 11.0 Å². The Balaban J connectivity index is 1.32. The highest BCUT2D eigenvalue weighted by atomic mass is 16.5. The van der Waals surface area contributed by atoms with Crippen LogP contribution in [0.3, 0.4) is 0 Å². The van der Waals surface area contributed by atoms with Crippen molar-refractivity contribution in [2.75, 3.05) is 19.7 Å². The maximum Gasteiger partial charge on any atom is 0.137 e. The van der Waals surface area contributed by atoms with Crippen molar-refractivity contribution in [3.63, 3.8) is 0 Å². The lowest BCUT2D eigenvalue weighted by Gasteiger charge is -2.26. The Bertz CT molecular complexity index is 685. The van der Waals surface area contributed by atoms with Crippen LogP contribution in [-0.4, -0.2) is 40.7 Å². The van der Waals surface area contributed by atoms with Crippen molar-refractivity contribution in [1.29, 1.82) is 0 Å². The largest absolute Gasteiger partial charge is 0.378 e. The van der Waals surface area contributed by atoms with Crippen LogP contribution in [0, 0.1) is 0 Å². The summed E-state index contributed by atoms with van der Waals surface area (Å²) in [7, 11) is 0. The van der Waals surface area contributed by atoms with Gasteiger partial charge in [0.2, 0.25) is 0 Å². The van der Waals surface area contributed by atoms with Crippen molar-refractivity contribution < 1.29 is 4.74 Å². The number of nitrogens with zero attached hydrogens (tertiary/aromatic N) is 2. The molecule has 122 valence electrons. The minimum Gasteiger partial charge on any atom is -0.378 e. The smallest absolute Gasteiger partial charge is 0.137 e. The van der Waals surface area contributed by atoms with Crippen LogP contribution in [0.25, 0.3) is 11.0 Å². The molecule has 0 amide bonds. The maximum atomic E-state index is 5.73. The normalized spacial score (nSPS) is 22.6. The summed E-state index contributed by atoms with van der Waals surface area (Å²) in [6, 6.07) is 4.17. The van der Waals surface area contributed by atoms with Crippen LogP contribution in [0.5, 0.6) is 0 Å². The first kappa shape index (κ1) is 14.9. The van der Waals surface area contributed by atoms with Gasteiger partial charge in [0.25, 0.3) is 0 Å². The fourth-order valence-electron chi connectivity index (χ4n) is 3.73. The summed E-state index contributed by atoms with van der Waals surface area (Å²) >= 11 is 0. The molecule has 1 saturated heterocycles. The number of hydrogen-bond acceptors (Lipinski definition) is 3. The molecule has 2 aromatic heterocycles. The molecule has 1 unspecified atom stereocenters. The lowest BCUT2D eigenvalue weighted by Crippen LogP contribution is -2.28. The number of hydrogen-bond donors (Lipinski definition) is 1. The SMILES string of the molecule is C1=C(CCC2CCCO2)CCN(Cc2c[nH]c3ncccc23)C1. The number of aromatic amines is 1. The van der Waals surface area contributed by atoms with Crippen LogP contribution in [0.1, 0.15) is 37.7 Å². The predicted octanol–water partition coefficient (Wildman–Crippen LogP) is 3.65. The third kappa shape index (κ3) is 3.48. The Morgan fingerprint density at radius 3 is 3.22 bits per heavy atom. The number of aromatic nitrogens is 2. The zero-order chi connectivity index (χ0) is 15.5. The van der Waals surface area contributed by atoms with Gasteiger partial charge < -0.3 is 9.72 Å². The molecule has 1 fully saturated rings. The van der Waals surface area contributed by atoms with Gasteiger partial charge in [-0.15, -0.1) is 0 Å². The van der Waals surface area contributed by atoms with Crippen LogP contribution >= 0.6 is 0 Å². The average Bonchev–Trinajstić information content (AvgIpc) is 3.25. The quantitative estimate of drug-likeness (QED) is 0.857. The molecule has 0 radical (unpaired) electrons. The first-order valence-electron chi connectivity index (χ1n) is 8.81. The van der Waals surface area contributed by atoms with E-state index in [0.29, 0.717) is 6.10 Å². The van der Waals surface area contributed by atoms with Crippen LogP contribution in [0.2, 0.25) is 0 Å². The zero-order valence-corrected chi connectivity index (χ0v) is 13.6. The van der Waals surface area contributed by atoms with E-state index in [4.69, 9.17) is 4.74 Å². The summed E-state index contributed by atoms with van der Waals surface area (Å²) in [5, 5.41) is 1.25. The molecule has 4 heteroatoms. The standard InChI is InChI=1S/C19H25N3O/c1-4-18-16(13-21-19(18)20-9-1)14-22-10-7-15(8-11-22)5-6-17-3-2-12-23-17/h1,4,7,9,13,17H,2-3,5-6,8,10-12,14H2,(H,20,21). The highest BCUT2D eigenvalue weighted by Gasteiger charge is 2.18. The molecule has 0 aromatic carbocycles. The Labute approximate surface area is 137 Å². The van der Waals surface area contributed by atoms with Gasteiger partial charge in [0.1, 0.15) is 5.65 Å². The summed E-state index contributed by atoms with van der Waals surface area (Å²) in [6.45, 7) is 4.19. The average molecular weight is 311 g/mol. The lowest BCUT2D eigenvalue weighted by atomic mass is 9.99. The summed E-state index contributed by atoms with van der Waals surface area (Å²) in [6.07, 6.45) is 13.0. The molecule has 4 nitrogen and oxygen atoms in total.